The average molecular weight is 436 g/mol. The summed E-state index contributed by atoms with van der Waals surface area (Å²) in [4.78, 5) is 15.9. The second kappa shape index (κ2) is 8.11. The number of hydrogen-bond donors (Lipinski definition) is 1. The van der Waals surface area contributed by atoms with Gasteiger partial charge in [0.2, 0.25) is 0 Å². The van der Waals surface area contributed by atoms with E-state index < -0.39 is 17.9 Å². The molecule has 0 spiro atoms. The van der Waals surface area contributed by atoms with E-state index in [2.05, 4.69) is 15.2 Å². The van der Waals surface area contributed by atoms with Crippen LogP contribution in [0.25, 0.3) is 22.2 Å². The van der Waals surface area contributed by atoms with Crippen molar-refractivity contribution < 1.29 is 18.7 Å². The predicted octanol–water partition coefficient (Wildman–Crippen LogP) is 5.11. The summed E-state index contributed by atoms with van der Waals surface area (Å²) < 4.78 is 30.4. The van der Waals surface area contributed by atoms with Crippen molar-refractivity contribution >= 4 is 17.0 Å². The molecule has 8 heteroatoms. The van der Waals surface area contributed by atoms with Gasteiger partial charge >= 0.3 is 5.97 Å². The Morgan fingerprint density at radius 2 is 1.66 bits per heavy atom. The van der Waals surface area contributed by atoms with E-state index in [9.17, 15) is 18.7 Å². The first-order chi connectivity index (χ1) is 15.1. The molecule has 4 aromatic rings. The first kappa shape index (κ1) is 21.5. The number of carboxylic acid groups (broad SMARTS) is 1. The number of nitrogens with zero attached hydrogens (tertiary/aromatic N) is 4. The number of hydrogen-bond acceptors (Lipinski definition) is 4. The van der Waals surface area contributed by atoms with Gasteiger partial charge in [-0.3, -0.25) is 0 Å². The van der Waals surface area contributed by atoms with Crippen LogP contribution in [-0.4, -0.2) is 30.8 Å². The fourth-order valence-electron chi connectivity index (χ4n) is 3.71. The Kier molecular flexibility index (Phi) is 5.46. The minimum Gasteiger partial charge on any atom is -0.478 e. The van der Waals surface area contributed by atoms with Gasteiger partial charge in [0.25, 0.3) is 11.9 Å². The third-order valence-electron chi connectivity index (χ3n) is 5.11. The summed E-state index contributed by atoms with van der Waals surface area (Å²) in [5.74, 6) is -2.24. The molecule has 0 fully saturated rings. The summed E-state index contributed by atoms with van der Waals surface area (Å²) in [6.07, 6.45) is 0.505. The number of benzene rings is 2. The molecule has 6 nitrogen and oxygen atoms in total. The zero-order valence-electron chi connectivity index (χ0n) is 17.9. The molecule has 0 radical (unpaired) electrons. The van der Waals surface area contributed by atoms with Gasteiger partial charge in [-0.2, -0.15) is 8.78 Å². The molecule has 0 aliphatic heterocycles. The number of carboxylic acids is 1. The Hall–Kier alpha value is -3.68. The SMILES string of the molecule is CC(C)(C)Cc1nc2c(F)nnc(F)c2n1Cc1ccc(-c2ccccc2C(=O)O)cc1. The Balaban J connectivity index is 1.75. The molecule has 0 unspecified atom stereocenters. The highest BCUT2D eigenvalue weighted by Gasteiger charge is 2.23. The monoisotopic (exact) mass is 436 g/mol. The highest BCUT2D eigenvalue weighted by molar-refractivity contribution is 5.96. The lowest BCUT2D eigenvalue weighted by molar-refractivity contribution is 0.0697. The zero-order valence-corrected chi connectivity index (χ0v) is 17.9. The minimum atomic E-state index is -1.00. The normalized spacial score (nSPS) is 11.8. The highest BCUT2D eigenvalue weighted by Crippen LogP contribution is 2.28. The van der Waals surface area contributed by atoms with Gasteiger partial charge in [0.05, 0.1) is 5.56 Å². The lowest BCUT2D eigenvalue weighted by Crippen LogP contribution is -2.15. The molecule has 1 N–H and O–H groups in total. The third-order valence-corrected chi connectivity index (χ3v) is 5.11. The summed E-state index contributed by atoms with van der Waals surface area (Å²) in [6, 6.07) is 14.1. The van der Waals surface area contributed by atoms with Crippen molar-refractivity contribution in [3.8, 4) is 11.1 Å². The summed E-state index contributed by atoms with van der Waals surface area (Å²) >= 11 is 0. The molecule has 0 saturated heterocycles. The van der Waals surface area contributed by atoms with E-state index in [0.29, 0.717) is 17.8 Å². The van der Waals surface area contributed by atoms with Crippen LogP contribution in [0.15, 0.2) is 48.5 Å². The number of fused-ring (bicyclic) bond motifs is 1. The predicted molar refractivity (Wildman–Crippen MR) is 116 cm³/mol. The molecule has 32 heavy (non-hydrogen) atoms. The fourth-order valence-corrected chi connectivity index (χ4v) is 3.71. The van der Waals surface area contributed by atoms with Crippen molar-refractivity contribution in [2.45, 2.75) is 33.7 Å². The van der Waals surface area contributed by atoms with Crippen LogP contribution >= 0.6 is 0 Å². The number of aromatic nitrogens is 4. The first-order valence-corrected chi connectivity index (χ1v) is 10.1. The van der Waals surface area contributed by atoms with Gasteiger partial charge in [-0.05, 0) is 28.2 Å². The van der Waals surface area contributed by atoms with Crippen LogP contribution in [-0.2, 0) is 13.0 Å². The molecule has 0 aliphatic rings. The number of carbonyl (C=O) groups is 1. The number of halogens is 2. The van der Waals surface area contributed by atoms with Crippen LogP contribution in [0.5, 0.6) is 0 Å². The maximum Gasteiger partial charge on any atom is 0.336 e. The fraction of sp³-hybridized carbons (Fsp3) is 0.250. The highest BCUT2D eigenvalue weighted by atomic mass is 19.1. The van der Waals surface area contributed by atoms with E-state index in [1.54, 1.807) is 28.8 Å². The molecule has 2 heterocycles. The maximum absolute atomic E-state index is 14.5. The van der Waals surface area contributed by atoms with Crippen molar-refractivity contribution in [3.05, 3.63) is 77.4 Å². The van der Waals surface area contributed by atoms with E-state index in [-0.39, 0.29) is 28.6 Å². The van der Waals surface area contributed by atoms with Gasteiger partial charge < -0.3 is 9.67 Å². The molecule has 164 valence electrons. The second-order valence-electron chi connectivity index (χ2n) is 8.88. The standard InChI is InChI=1S/C24H22F2N4O2/c1-24(2,3)12-18-27-19-20(22(26)29-28-21(19)25)30(18)13-14-8-10-15(11-9-14)16-6-4-5-7-17(16)23(31)32/h4-11H,12-13H2,1-3H3,(H,31,32). The Morgan fingerprint density at radius 1 is 1.00 bits per heavy atom. The largest absolute Gasteiger partial charge is 0.478 e. The van der Waals surface area contributed by atoms with Crippen LogP contribution in [0.3, 0.4) is 0 Å². The number of imidazole rings is 1. The van der Waals surface area contributed by atoms with E-state index in [1.165, 1.54) is 0 Å². The Morgan fingerprint density at radius 3 is 2.31 bits per heavy atom. The van der Waals surface area contributed by atoms with Crippen molar-refractivity contribution in [1.29, 1.82) is 0 Å². The number of aromatic carboxylic acids is 1. The van der Waals surface area contributed by atoms with Gasteiger partial charge in [-0.15, -0.1) is 10.2 Å². The molecule has 2 aromatic carbocycles. The third kappa shape index (κ3) is 4.21. The van der Waals surface area contributed by atoms with Gasteiger partial charge in [0.1, 0.15) is 11.3 Å². The molecule has 0 amide bonds. The zero-order chi connectivity index (χ0) is 23.0. The molecular weight excluding hydrogens is 414 g/mol. The van der Waals surface area contributed by atoms with E-state index in [1.807, 2.05) is 45.0 Å². The number of rotatable bonds is 5. The van der Waals surface area contributed by atoms with Crippen molar-refractivity contribution in [3.63, 3.8) is 0 Å². The van der Waals surface area contributed by atoms with Crippen LogP contribution in [0.2, 0.25) is 0 Å². The molecule has 0 atom stereocenters. The lowest BCUT2D eigenvalue weighted by atomic mass is 9.92. The van der Waals surface area contributed by atoms with Crippen LogP contribution in [0.1, 0.15) is 42.5 Å². The van der Waals surface area contributed by atoms with E-state index in [4.69, 9.17) is 0 Å². The Bertz CT molecular complexity index is 1310. The average Bonchev–Trinajstić information content (AvgIpc) is 3.09. The maximum atomic E-state index is 14.5. The smallest absolute Gasteiger partial charge is 0.336 e. The topological polar surface area (TPSA) is 80.9 Å². The molecule has 2 aromatic heterocycles. The van der Waals surface area contributed by atoms with Gasteiger partial charge in [-0.1, -0.05) is 63.2 Å². The van der Waals surface area contributed by atoms with E-state index >= 15 is 0 Å². The van der Waals surface area contributed by atoms with Crippen LogP contribution in [0, 0.1) is 17.3 Å². The molecule has 4 rings (SSSR count). The van der Waals surface area contributed by atoms with Crippen LogP contribution in [0.4, 0.5) is 8.78 Å². The summed E-state index contributed by atoms with van der Waals surface area (Å²) in [7, 11) is 0. The lowest BCUT2D eigenvalue weighted by Gasteiger charge is -2.19. The van der Waals surface area contributed by atoms with Crippen molar-refractivity contribution in [2.75, 3.05) is 0 Å². The molecule has 0 aliphatic carbocycles. The van der Waals surface area contributed by atoms with Gasteiger partial charge in [-0.25, -0.2) is 9.78 Å². The Labute approximate surface area is 183 Å². The van der Waals surface area contributed by atoms with Crippen molar-refractivity contribution in [2.24, 2.45) is 5.41 Å². The minimum absolute atomic E-state index is 0.0166. The quantitative estimate of drug-likeness (QED) is 0.470. The van der Waals surface area contributed by atoms with Crippen LogP contribution < -0.4 is 0 Å². The van der Waals surface area contributed by atoms with Crippen molar-refractivity contribution in [1.82, 2.24) is 19.7 Å². The van der Waals surface area contributed by atoms with Gasteiger partial charge in [0, 0.05) is 13.0 Å². The molecule has 0 bridgehead atoms. The molecular formula is C24H22F2N4O2. The van der Waals surface area contributed by atoms with Gasteiger partial charge in [0.15, 0.2) is 5.52 Å². The summed E-state index contributed by atoms with van der Waals surface area (Å²) in [5, 5.41) is 15.9. The second-order valence-corrected chi connectivity index (χ2v) is 8.88. The summed E-state index contributed by atoms with van der Waals surface area (Å²) in [6.45, 7) is 6.32. The summed E-state index contributed by atoms with van der Waals surface area (Å²) in [5.41, 5.74) is 2.09. The van der Waals surface area contributed by atoms with E-state index in [0.717, 1.165) is 11.1 Å². The molecule has 0 saturated carbocycles. The first-order valence-electron chi connectivity index (χ1n) is 10.1.